The number of hydrogen-bond acceptors (Lipinski definition) is 1. The van der Waals surface area contributed by atoms with E-state index in [1.165, 1.54) is 5.57 Å². The Morgan fingerprint density at radius 1 is 1.70 bits per heavy atom. The maximum Gasteiger partial charge on any atom is 0.327 e. The highest BCUT2D eigenvalue weighted by atomic mass is 16.4. The Balaban J connectivity index is 0. The van der Waals surface area contributed by atoms with E-state index in [-0.39, 0.29) is 0 Å². The molecule has 0 aromatic carbocycles. The zero-order valence-electron chi connectivity index (χ0n) is 6.55. The first-order chi connectivity index (χ1) is 4.54. The molecular formula is C8H14O2. The summed E-state index contributed by atoms with van der Waals surface area (Å²) in [5.41, 5.74) is 1.25. The number of carboxylic acid groups (broad SMARTS) is 1. The summed E-state index contributed by atoms with van der Waals surface area (Å²) in [6.07, 6.45) is 1.94. The molecule has 10 heavy (non-hydrogen) atoms. The van der Waals surface area contributed by atoms with Crippen LogP contribution in [0.3, 0.4) is 0 Å². The van der Waals surface area contributed by atoms with E-state index in [9.17, 15) is 4.79 Å². The molecule has 0 heterocycles. The van der Waals surface area contributed by atoms with Crippen LogP contribution in [0.2, 0.25) is 0 Å². The highest BCUT2D eigenvalue weighted by molar-refractivity contribution is 5.78. The summed E-state index contributed by atoms with van der Waals surface area (Å²) in [7, 11) is 0. The average Bonchev–Trinajstić information content (AvgIpc) is 1.89. The lowest BCUT2D eigenvalue weighted by atomic mass is 10.3. The van der Waals surface area contributed by atoms with E-state index in [1.54, 1.807) is 0 Å². The van der Waals surface area contributed by atoms with Crippen LogP contribution in [0.5, 0.6) is 0 Å². The van der Waals surface area contributed by atoms with Crippen LogP contribution in [-0.2, 0) is 4.79 Å². The van der Waals surface area contributed by atoms with Gasteiger partial charge >= 0.3 is 5.97 Å². The molecule has 0 fully saturated rings. The molecule has 2 nitrogen and oxygen atoms in total. The van der Waals surface area contributed by atoms with E-state index in [0.717, 1.165) is 12.5 Å². The molecule has 58 valence electrons. The van der Waals surface area contributed by atoms with Crippen molar-refractivity contribution in [3.63, 3.8) is 0 Å². The largest absolute Gasteiger partial charge is 0.478 e. The van der Waals surface area contributed by atoms with Crippen LogP contribution in [0.15, 0.2) is 24.8 Å². The van der Waals surface area contributed by atoms with Gasteiger partial charge in [0.15, 0.2) is 0 Å². The summed E-state index contributed by atoms with van der Waals surface area (Å²) in [4.78, 5) is 9.25. The average molecular weight is 142 g/mol. The summed E-state index contributed by atoms with van der Waals surface area (Å²) in [6.45, 7) is 10.8. The Morgan fingerprint density at radius 3 is 1.90 bits per heavy atom. The van der Waals surface area contributed by atoms with Crippen molar-refractivity contribution in [1.82, 2.24) is 0 Å². The molecule has 2 heteroatoms. The lowest BCUT2D eigenvalue weighted by Gasteiger charge is -1.79. The van der Waals surface area contributed by atoms with E-state index < -0.39 is 5.97 Å². The fourth-order valence-electron chi connectivity index (χ4n) is 0. The van der Waals surface area contributed by atoms with E-state index in [1.807, 2.05) is 6.92 Å². The van der Waals surface area contributed by atoms with Gasteiger partial charge in [0.25, 0.3) is 0 Å². The van der Waals surface area contributed by atoms with Crippen molar-refractivity contribution in [3.8, 4) is 0 Å². The number of hydrogen-bond donors (Lipinski definition) is 1. The van der Waals surface area contributed by atoms with Gasteiger partial charge in [-0.3, -0.25) is 0 Å². The summed E-state index contributed by atoms with van der Waals surface area (Å²) in [5, 5.41) is 7.60. The van der Waals surface area contributed by atoms with Crippen LogP contribution in [-0.4, -0.2) is 11.1 Å². The molecule has 1 N–H and O–H groups in total. The van der Waals surface area contributed by atoms with Crippen LogP contribution in [0.4, 0.5) is 0 Å². The van der Waals surface area contributed by atoms with Gasteiger partial charge in [-0.25, -0.2) is 4.79 Å². The zero-order valence-corrected chi connectivity index (χ0v) is 6.55. The van der Waals surface area contributed by atoms with Crippen molar-refractivity contribution < 1.29 is 9.90 Å². The van der Waals surface area contributed by atoms with Crippen LogP contribution in [0.25, 0.3) is 0 Å². The van der Waals surface area contributed by atoms with Crippen molar-refractivity contribution in [2.45, 2.75) is 20.3 Å². The molecule has 0 spiro atoms. The fraction of sp³-hybridized carbons (Fsp3) is 0.375. The third-order valence-electron chi connectivity index (χ3n) is 0.778. The Labute approximate surface area is 61.9 Å². The molecule has 0 aromatic heterocycles. The lowest BCUT2D eigenvalue weighted by Crippen LogP contribution is -1.82. The van der Waals surface area contributed by atoms with Crippen molar-refractivity contribution in [3.05, 3.63) is 24.8 Å². The SMILES string of the molecule is C=C(C)CC.C=CC(=O)O. The molecule has 0 atom stereocenters. The fourth-order valence-corrected chi connectivity index (χ4v) is 0. The summed E-state index contributed by atoms with van der Waals surface area (Å²) in [6, 6.07) is 0. The first-order valence-corrected chi connectivity index (χ1v) is 3.04. The van der Waals surface area contributed by atoms with Gasteiger partial charge < -0.3 is 5.11 Å². The van der Waals surface area contributed by atoms with Gasteiger partial charge in [0.1, 0.15) is 0 Å². The molecule has 0 radical (unpaired) electrons. The van der Waals surface area contributed by atoms with Crippen LogP contribution < -0.4 is 0 Å². The smallest absolute Gasteiger partial charge is 0.327 e. The number of aliphatic carboxylic acids is 1. The third kappa shape index (κ3) is 28.3. The number of carboxylic acids is 1. The predicted octanol–water partition coefficient (Wildman–Crippen LogP) is 2.23. The van der Waals surface area contributed by atoms with Gasteiger partial charge in [0, 0.05) is 6.08 Å². The molecule has 0 aliphatic carbocycles. The highest BCUT2D eigenvalue weighted by Crippen LogP contribution is 1.88. The van der Waals surface area contributed by atoms with Crippen molar-refractivity contribution in [2.24, 2.45) is 0 Å². The molecule has 0 aromatic rings. The van der Waals surface area contributed by atoms with Gasteiger partial charge in [-0.1, -0.05) is 19.1 Å². The minimum Gasteiger partial charge on any atom is -0.478 e. The Bertz CT molecular complexity index is 125. The van der Waals surface area contributed by atoms with Gasteiger partial charge in [-0.2, -0.15) is 0 Å². The molecule has 0 unspecified atom stereocenters. The van der Waals surface area contributed by atoms with Crippen molar-refractivity contribution >= 4 is 5.97 Å². The molecule has 0 rings (SSSR count). The molecule has 0 amide bonds. The highest BCUT2D eigenvalue weighted by Gasteiger charge is 1.73. The second kappa shape index (κ2) is 7.95. The Kier molecular flexibility index (Phi) is 9.31. The first kappa shape index (κ1) is 11.7. The number of rotatable bonds is 2. The molecular weight excluding hydrogens is 128 g/mol. The number of carbonyl (C=O) groups is 1. The Morgan fingerprint density at radius 2 is 1.90 bits per heavy atom. The van der Waals surface area contributed by atoms with Gasteiger partial charge in [-0.05, 0) is 13.3 Å². The van der Waals surface area contributed by atoms with Crippen LogP contribution in [0.1, 0.15) is 20.3 Å². The van der Waals surface area contributed by atoms with Crippen molar-refractivity contribution in [2.75, 3.05) is 0 Å². The quantitative estimate of drug-likeness (QED) is 0.474. The van der Waals surface area contributed by atoms with Crippen molar-refractivity contribution in [1.29, 1.82) is 0 Å². The monoisotopic (exact) mass is 142 g/mol. The van der Waals surface area contributed by atoms with Gasteiger partial charge in [0.2, 0.25) is 0 Å². The minimum absolute atomic E-state index is 0.833. The molecule has 0 saturated carbocycles. The summed E-state index contributed by atoms with van der Waals surface area (Å²) in [5.74, 6) is -0.981. The summed E-state index contributed by atoms with van der Waals surface area (Å²) >= 11 is 0. The van der Waals surface area contributed by atoms with Gasteiger partial charge in [-0.15, -0.1) is 6.58 Å². The second-order valence-electron chi connectivity index (χ2n) is 1.85. The van der Waals surface area contributed by atoms with E-state index in [2.05, 4.69) is 20.1 Å². The normalized spacial score (nSPS) is 7.00. The summed E-state index contributed by atoms with van der Waals surface area (Å²) < 4.78 is 0. The second-order valence-corrected chi connectivity index (χ2v) is 1.85. The molecule has 0 aliphatic heterocycles. The standard InChI is InChI=1S/C5H10.C3H4O2/c1-4-5(2)3;1-2-3(4)5/h2,4H2,1,3H3;2H,1H2,(H,4,5). The van der Waals surface area contributed by atoms with E-state index in [0.29, 0.717) is 0 Å². The molecule has 0 saturated heterocycles. The van der Waals surface area contributed by atoms with Crippen LogP contribution in [0, 0.1) is 0 Å². The Hall–Kier alpha value is -1.05. The maximum atomic E-state index is 9.25. The van der Waals surface area contributed by atoms with Gasteiger partial charge in [0.05, 0.1) is 0 Å². The topological polar surface area (TPSA) is 37.3 Å². The van der Waals surface area contributed by atoms with E-state index in [4.69, 9.17) is 5.11 Å². The van der Waals surface area contributed by atoms with Crippen LogP contribution >= 0.6 is 0 Å². The lowest BCUT2D eigenvalue weighted by molar-refractivity contribution is -0.131. The number of allylic oxidation sites excluding steroid dienone is 1. The first-order valence-electron chi connectivity index (χ1n) is 3.04. The van der Waals surface area contributed by atoms with E-state index >= 15 is 0 Å². The zero-order chi connectivity index (χ0) is 8.57. The third-order valence-corrected chi connectivity index (χ3v) is 0.778. The minimum atomic E-state index is -0.981. The maximum absolute atomic E-state index is 9.25. The predicted molar refractivity (Wildman–Crippen MR) is 42.9 cm³/mol. The molecule has 0 aliphatic rings. The molecule has 0 bridgehead atoms.